The third kappa shape index (κ3) is 3.19. The molecule has 0 bridgehead atoms. The zero-order valence-corrected chi connectivity index (χ0v) is 16.8. The largest absolute Gasteiger partial charge is 0.465 e. The molecule has 1 N–H and O–H groups in total. The zero-order chi connectivity index (χ0) is 20.7. The van der Waals surface area contributed by atoms with Crippen molar-refractivity contribution in [1.82, 2.24) is 9.55 Å². The van der Waals surface area contributed by atoms with Crippen LogP contribution in [0, 0.1) is 13.8 Å². The van der Waals surface area contributed by atoms with E-state index < -0.39 is 17.4 Å². The highest BCUT2D eigenvalue weighted by atomic mass is 32.1. The highest BCUT2D eigenvalue weighted by molar-refractivity contribution is 7.16. The summed E-state index contributed by atoms with van der Waals surface area (Å²) in [6, 6.07) is 7.21. The van der Waals surface area contributed by atoms with E-state index in [1.54, 1.807) is 19.1 Å². The van der Waals surface area contributed by atoms with Crippen LogP contribution in [0.25, 0.3) is 22.1 Å². The lowest BCUT2D eigenvalue weighted by Crippen LogP contribution is -2.27. The summed E-state index contributed by atoms with van der Waals surface area (Å²) in [5, 5.41) is 3.83. The number of furan rings is 1. The van der Waals surface area contributed by atoms with E-state index in [-0.39, 0.29) is 12.1 Å². The van der Waals surface area contributed by atoms with Crippen LogP contribution >= 0.6 is 11.3 Å². The molecule has 3 aromatic heterocycles. The number of nitrogens with zero attached hydrogens (tertiary/aromatic N) is 2. The molecule has 0 unspecified atom stereocenters. The first-order valence-electron chi connectivity index (χ1n) is 8.75. The van der Waals surface area contributed by atoms with Crippen molar-refractivity contribution in [3.8, 4) is 0 Å². The summed E-state index contributed by atoms with van der Waals surface area (Å²) in [7, 11) is 1.29. The third-order valence-electron chi connectivity index (χ3n) is 4.69. The van der Waals surface area contributed by atoms with Crippen molar-refractivity contribution in [3.63, 3.8) is 0 Å². The van der Waals surface area contributed by atoms with Crippen LogP contribution in [0.2, 0.25) is 0 Å². The van der Waals surface area contributed by atoms with Gasteiger partial charge in [0.25, 0.3) is 5.56 Å². The number of hydrogen-bond donors (Lipinski definition) is 1. The van der Waals surface area contributed by atoms with Crippen molar-refractivity contribution in [2.45, 2.75) is 20.4 Å². The van der Waals surface area contributed by atoms with Gasteiger partial charge in [0.15, 0.2) is 0 Å². The quantitative estimate of drug-likeness (QED) is 0.517. The van der Waals surface area contributed by atoms with Crippen LogP contribution in [0.4, 0.5) is 5.00 Å². The Hall–Kier alpha value is -3.46. The van der Waals surface area contributed by atoms with Crippen LogP contribution in [-0.4, -0.2) is 28.5 Å². The summed E-state index contributed by atoms with van der Waals surface area (Å²) < 4.78 is 11.6. The first-order valence-corrected chi connectivity index (χ1v) is 9.57. The van der Waals surface area contributed by atoms with Gasteiger partial charge in [-0.05, 0) is 31.5 Å². The third-order valence-corrected chi connectivity index (χ3v) is 5.82. The summed E-state index contributed by atoms with van der Waals surface area (Å²) in [5.41, 5.74) is 1.73. The fourth-order valence-electron chi connectivity index (χ4n) is 3.11. The molecule has 1 aromatic carbocycles. The molecule has 4 rings (SSSR count). The van der Waals surface area contributed by atoms with Crippen molar-refractivity contribution in [1.29, 1.82) is 0 Å². The lowest BCUT2D eigenvalue weighted by molar-refractivity contribution is -0.116. The smallest absolute Gasteiger partial charge is 0.341 e. The number of aryl methyl sites for hydroxylation is 1. The van der Waals surface area contributed by atoms with Crippen molar-refractivity contribution in [2.75, 3.05) is 12.4 Å². The second kappa shape index (κ2) is 7.17. The summed E-state index contributed by atoms with van der Waals surface area (Å²) in [6.45, 7) is 3.37. The number of nitrogens with one attached hydrogen (secondary N) is 1. The first-order chi connectivity index (χ1) is 13.9. The number of methoxy groups -OCH3 is 1. The Labute approximate surface area is 168 Å². The number of ether oxygens (including phenoxy) is 1. The fraction of sp³-hybridized carbons (Fsp3) is 0.200. The van der Waals surface area contributed by atoms with Gasteiger partial charge in [0, 0.05) is 10.3 Å². The normalized spacial score (nSPS) is 11.1. The monoisotopic (exact) mass is 411 g/mol. The molecule has 0 aliphatic carbocycles. The maximum Gasteiger partial charge on any atom is 0.341 e. The van der Waals surface area contributed by atoms with Gasteiger partial charge < -0.3 is 14.5 Å². The molecule has 0 aliphatic rings. The van der Waals surface area contributed by atoms with E-state index in [1.807, 2.05) is 19.1 Å². The molecule has 1 amide bonds. The first kappa shape index (κ1) is 18.9. The summed E-state index contributed by atoms with van der Waals surface area (Å²) in [4.78, 5) is 42.5. The van der Waals surface area contributed by atoms with Crippen LogP contribution in [0.5, 0.6) is 0 Å². The van der Waals surface area contributed by atoms with Crippen LogP contribution in [0.15, 0.2) is 39.8 Å². The Bertz CT molecular complexity index is 1330. The van der Waals surface area contributed by atoms with Gasteiger partial charge in [-0.15, -0.1) is 11.3 Å². The minimum atomic E-state index is -0.523. The molecule has 29 heavy (non-hydrogen) atoms. The average Bonchev–Trinajstić information content (AvgIpc) is 3.21. The Balaban J connectivity index is 1.64. The molecular formula is C20H17N3O5S. The van der Waals surface area contributed by atoms with E-state index >= 15 is 0 Å². The van der Waals surface area contributed by atoms with Crippen LogP contribution in [-0.2, 0) is 16.1 Å². The van der Waals surface area contributed by atoms with Crippen molar-refractivity contribution < 1.29 is 18.7 Å². The predicted molar refractivity (Wildman–Crippen MR) is 110 cm³/mol. The Kier molecular flexibility index (Phi) is 4.67. The Morgan fingerprint density at radius 2 is 2.03 bits per heavy atom. The highest BCUT2D eigenvalue weighted by Crippen LogP contribution is 2.33. The van der Waals surface area contributed by atoms with Crippen LogP contribution in [0.3, 0.4) is 0 Å². The number of thiophene rings is 1. The van der Waals surface area contributed by atoms with E-state index in [1.165, 1.54) is 29.3 Å². The van der Waals surface area contributed by atoms with E-state index in [4.69, 9.17) is 9.15 Å². The molecule has 0 atom stereocenters. The van der Waals surface area contributed by atoms with Gasteiger partial charge in [-0.25, -0.2) is 9.78 Å². The predicted octanol–water partition coefficient (Wildman–Crippen LogP) is 3.25. The number of anilines is 1. The number of carbonyl (C=O) groups is 2. The molecule has 0 spiro atoms. The number of aromatic nitrogens is 2. The van der Waals surface area contributed by atoms with Gasteiger partial charge in [0.05, 0.1) is 19.0 Å². The topological polar surface area (TPSA) is 103 Å². The molecule has 0 aliphatic heterocycles. The summed E-state index contributed by atoms with van der Waals surface area (Å²) >= 11 is 1.28. The summed E-state index contributed by atoms with van der Waals surface area (Å²) in [6.07, 6.45) is 1.32. The van der Waals surface area contributed by atoms with E-state index in [2.05, 4.69) is 10.3 Å². The number of hydrogen-bond acceptors (Lipinski definition) is 7. The molecule has 4 aromatic rings. The van der Waals surface area contributed by atoms with Crippen molar-refractivity contribution in [3.05, 3.63) is 57.0 Å². The van der Waals surface area contributed by atoms with Crippen molar-refractivity contribution in [2.24, 2.45) is 0 Å². The number of fused-ring (bicyclic) bond motifs is 3. The van der Waals surface area contributed by atoms with Gasteiger partial charge in [0.2, 0.25) is 11.5 Å². The van der Waals surface area contributed by atoms with Crippen molar-refractivity contribution >= 4 is 50.3 Å². The number of para-hydroxylation sites is 1. The molecular weight excluding hydrogens is 394 g/mol. The molecule has 0 fully saturated rings. The Morgan fingerprint density at radius 3 is 2.79 bits per heavy atom. The molecule has 0 saturated carbocycles. The number of esters is 1. The zero-order valence-electron chi connectivity index (χ0n) is 15.9. The lowest BCUT2D eigenvalue weighted by atomic mass is 10.1. The number of rotatable bonds is 4. The van der Waals surface area contributed by atoms with E-state index in [0.29, 0.717) is 21.7 Å². The molecule has 9 heteroatoms. The molecule has 0 saturated heterocycles. The molecule has 8 nitrogen and oxygen atoms in total. The SMILES string of the molecule is COC(=O)c1c(NC(=O)Cn2cnc3c(oc4ccccc43)c2=O)sc(C)c1C. The van der Waals surface area contributed by atoms with E-state index in [9.17, 15) is 14.4 Å². The van der Waals surface area contributed by atoms with E-state index in [0.717, 1.165) is 15.8 Å². The second-order valence-corrected chi connectivity index (χ2v) is 7.71. The maximum absolute atomic E-state index is 12.7. The lowest BCUT2D eigenvalue weighted by Gasteiger charge is -2.07. The molecule has 148 valence electrons. The highest BCUT2D eigenvalue weighted by Gasteiger charge is 2.22. The number of carbonyl (C=O) groups excluding carboxylic acids is 2. The second-order valence-electron chi connectivity index (χ2n) is 6.48. The van der Waals surface area contributed by atoms with Gasteiger partial charge in [0.1, 0.15) is 22.6 Å². The standard InChI is InChI=1S/C20H17N3O5S/c1-10-11(2)29-18(15(10)20(26)27-3)22-14(24)8-23-9-21-16-12-6-4-5-7-13(12)28-17(16)19(23)25/h4-7,9H,8H2,1-3H3,(H,22,24). The van der Waals surface area contributed by atoms with Gasteiger partial charge in [-0.2, -0.15) is 0 Å². The molecule has 0 radical (unpaired) electrons. The Morgan fingerprint density at radius 1 is 1.28 bits per heavy atom. The minimum Gasteiger partial charge on any atom is -0.465 e. The molecule has 3 heterocycles. The maximum atomic E-state index is 12.7. The minimum absolute atomic E-state index is 0.0968. The van der Waals surface area contributed by atoms with Crippen LogP contribution < -0.4 is 10.9 Å². The van der Waals surface area contributed by atoms with Gasteiger partial charge >= 0.3 is 5.97 Å². The number of amides is 1. The number of benzene rings is 1. The van der Waals surface area contributed by atoms with Gasteiger partial charge in [-0.1, -0.05) is 12.1 Å². The van der Waals surface area contributed by atoms with Gasteiger partial charge in [-0.3, -0.25) is 14.2 Å². The average molecular weight is 411 g/mol. The fourth-order valence-corrected chi connectivity index (χ4v) is 4.18. The van der Waals surface area contributed by atoms with Crippen LogP contribution in [0.1, 0.15) is 20.8 Å². The summed E-state index contributed by atoms with van der Waals surface area (Å²) in [5.74, 6) is -0.986.